The van der Waals surface area contributed by atoms with Gasteiger partial charge in [-0.15, -0.1) is 11.3 Å². The molecule has 3 heteroatoms. The fourth-order valence-electron chi connectivity index (χ4n) is 1.53. The molecule has 1 aliphatic carbocycles. The highest BCUT2D eigenvalue weighted by atomic mass is 32.1. The van der Waals surface area contributed by atoms with E-state index < -0.39 is 0 Å². The lowest BCUT2D eigenvalue weighted by molar-refractivity contribution is 0.617. The van der Waals surface area contributed by atoms with Gasteiger partial charge in [0.1, 0.15) is 0 Å². The molecular weight excluding hydrogens is 168 g/mol. The topological polar surface area (TPSA) is 24.9 Å². The molecule has 1 N–H and O–H groups in total. The summed E-state index contributed by atoms with van der Waals surface area (Å²) >= 11 is 1.70. The Morgan fingerprint density at radius 3 is 2.75 bits per heavy atom. The maximum Gasteiger partial charge on any atom is 0.182 e. The molecule has 2 rings (SSSR count). The number of hydrogen-bond acceptors (Lipinski definition) is 3. The summed E-state index contributed by atoms with van der Waals surface area (Å²) in [5, 5.41) is 6.27. The zero-order chi connectivity index (χ0) is 8.77. The Hall–Kier alpha value is -0.570. The highest BCUT2D eigenvalue weighted by Gasteiger charge is 2.47. The van der Waals surface area contributed by atoms with Crippen LogP contribution >= 0.6 is 11.3 Å². The van der Waals surface area contributed by atoms with Gasteiger partial charge in [0.25, 0.3) is 0 Å². The number of anilines is 1. The van der Waals surface area contributed by atoms with E-state index in [0.29, 0.717) is 11.3 Å². The molecule has 66 valence electrons. The van der Waals surface area contributed by atoms with Crippen LogP contribution in [0.3, 0.4) is 0 Å². The van der Waals surface area contributed by atoms with Gasteiger partial charge in [0.2, 0.25) is 0 Å². The molecule has 0 aliphatic heterocycles. The van der Waals surface area contributed by atoms with Gasteiger partial charge in [0.15, 0.2) is 5.13 Å². The van der Waals surface area contributed by atoms with Crippen molar-refractivity contribution >= 4 is 16.5 Å². The fourth-order valence-corrected chi connectivity index (χ4v) is 2.26. The lowest BCUT2D eigenvalue weighted by Crippen LogP contribution is -1.91. The second-order valence-corrected chi connectivity index (χ2v) is 4.93. The van der Waals surface area contributed by atoms with E-state index in [4.69, 9.17) is 0 Å². The average Bonchev–Trinajstić information content (AvgIpc) is 2.52. The van der Waals surface area contributed by atoms with E-state index in [-0.39, 0.29) is 0 Å². The first-order chi connectivity index (χ1) is 5.63. The van der Waals surface area contributed by atoms with Crippen LogP contribution in [0.25, 0.3) is 0 Å². The normalized spacial score (nSPS) is 25.4. The number of nitrogens with one attached hydrogen (secondary N) is 1. The van der Waals surface area contributed by atoms with Crippen LogP contribution in [0.2, 0.25) is 0 Å². The molecule has 1 aromatic rings. The molecule has 1 aliphatic rings. The van der Waals surface area contributed by atoms with Crippen LogP contribution in [0, 0.1) is 5.41 Å². The third kappa shape index (κ3) is 1.22. The standard InChI is InChI=1S/C9H14N2S/c1-9(2)4-6(9)7-5-12-8(10-3)11-7/h5-6H,4H2,1-3H3,(H,10,11). The lowest BCUT2D eigenvalue weighted by atomic mass is 10.1. The van der Waals surface area contributed by atoms with E-state index in [2.05, 4.69) is 29.5 Å². The third-order valence-electron chi connectivity index (χ3n) is 2.61. The van der Waals surface area contributed by atoms with Gasteiger partial charge in [-0.1, -0.05) is 13.8 Å². The molecule has 1 fully saturated rings. The van der Waals surface area contributed by atoms with E-state index in [1.807, 2.05) is 7.05 Å². The van der Waals surface area contributed by atoms with E-state index in [9.17, 15) is 0 Å². The molecule has 0 amide bonds. The smallest absolute Gasteiger partial charge is 0.182 e. The molecule has 12 heavy (non-hydrogen) atoms. The van der Waals surface area contributed by atoms with Gasteiger partial charge in [0.05, 0.1) is 5.69 Å². The minimum Gasteiger partial charge on any atom is -0.365 e. The molecule has 1 atom stereocenters. The third-order valence-corrected chi connectivity index (χ3v) is 3.48. The van der Waals surface area contributed by atoms with E-state index in [1.54, 1.807) is 11.3 Å². The van der Waals surface area contributed by atoms with Crippen LogP contribution < -0.4 is 5.32 Å². The van der Waals surface area contributed by atoms with Crippen molar-refractivity contribution in [2.45, 2.75) is 26.2 Å². The maximum absolute atomic E-state index is 4.49. The molecule has 1 unspecified atom stereocenters. The van der Waals surface area contributed by atoms with Gasteiger partial charge in [-0.2, -0.15) is 0 Å². The lowest BCUT2D eigenvalue weighted by Gasteiger charge is -1.97. The van der Waals surface area contributed by atoms with Crippen molar-refractivity contribution in [3.8, 4) is 0 Å². The minimum atomic E-state index is 0.499. The molecule has 1 saturated carbocycles. The van der Waals surface area contributed by atoms with E-state index >= 15 is 0 Å². The second kappa shape index (κ2) is 2.46. The van der Waals surface area contributed by atoms with E-state index in [1.165, 1.54) is 12.1 Å². The van der Waals surface area contributed by atoms with Crippen molar-refractivity contribution in [1.82, 2.24) is 4.98 Å². The van der Waals surface area contributed by atoms with Crippen LogP contribution in [0.15, 0.2) is 5.38 Å². The average molecular weight is 182 g/mol. The van der Waals surface area contributed by atoms with Crippen LogP contribution in [-0.2, 0) is 0 Å². The zero-order valence-electron chi connectivity index (χ0n) is 7.72. The molecule has 0 spiro atoms. The van der Waals surface area contributed by atoms with Crippen molar-refractivity contribution in [3.63, 3.8) is 0 Å². The molecule has 1 heterocycles. The van der Waals surface area contributed by atoms with Gasteiger partial charge < -0.3 is 5.32 Å². The highest BCUT2D eigenvalue weighted by Crippen LogP contribution is 2.58. The van der Waals surface area contributed by atoms with Crippen LogP contribution in [0.4, 0.5) is 5.13 Å². The summed E-state index contributed by atoms with van der Waals surface area (Å²) in [5.74, 6) is 0.704. The summed E-state index contributed by atoms with van der Waals surface area (Å²) in [4.78, 5) is 4.49. The highest BCUT2D eigenvalue weighted by molar-refractivity contribution is 7.13. The Morgan fingerprint density at radius 2 is 2.33 bits per heavy atom. The van der Waals surface area contributed by atoms with Crippen LogP contribution in [-0.4, -0.2) is 12.0 Å². The largest absolute Gasteiger partial charge is 0.365 e. The first kappa shape index (κ1) is 8.05. The predicted octanol–water partition coefficient (Wildman–Crippen LogP) is 2.70. The number of aromatic nitrogens is 1. The van der Waals surface area contributed by atoms with Crippen molar-refractivity contribution < 1.29 is 0 Å². The SMILES string of the molecule is CNc1nc(C2CC2(C)C)cs1. The summed E-state index contributed by atoms with van der Waals surface area (Å²) in [6.45, 7) is 4.60. The summed E-state index contributed by atoms with van der Waals surface area (Å²) in [7, 11) is 1.92. The Morgan fingerprint density at radius 1 is 1.67 bits per heavy atom. The number of thiazole rings is 1. The summed E-state index contributed by atoms with van der Waals surface area (Å²) in [6, 6.07) is 0. The molecule has 0 aromatic carbocycles. The van der Waals surface area contributed by atoms with Crippen molar-refractivity contribution in [3.05, 3.63) is 11.1 Å². The molecular formula is C9H14N2S. The summed E-state index contributed by atoms with van der Waals surface area (Å²) in [5.41, 5.74) is 1.77. The molecule has 2 nitrogen and oxygen atoms in total. The van der Waals surface area contributed by atoms with Crippen molar-refractivity contribution in [2.75, 3.05) is 12.4 Å². The summed E-state index contributed by atoms with van der Waals surface area (Å²) < 4.78 is 0. The first-order valence-corrected chi connectivity index (χ1v) is 5.14. The molecule has 0 saturated heterocycles. The van der Waals surface area contributed by atoms with Gasteiger partial charge in [-0.25, -0.2) is 4.98 Å². The first-order valence-electron chi connectivity index (χ1n) is 4.26. The molecule has 1 aromatic heterocycles. The second-order valence-electron chi connectivity index (χ2n) is 4.07. The number of nitrogens with zero attached hydrogens (tertiary/aromatic N) is 1. The van der Waals surface area contributed by atoms with Crippen LogP contribution in [0.1, 0.15) is 31.9 Å². The van der Waals surface area contributed by atoms with Crippen molar-refractivity contribution in [2.24, 2.45) is 5.41 Å². The Kier molecular flexibility index (Phi) is 1.65. The van der Waals surface area contributed by atoms with Gasteiger partial charge >= 0.3 is 0 Å². The number of hydrogen-bond donors (Lipinski definition) is 1. The molecule has 0 radical (unpaired) electrons. The summed E-state index contributed by atoms with van der Waals surface area (Å²) in [6.07, 6.45) is 1.29. The Bertz CT molecular complexity index is 290. The van der Waals surface area contributed by atoms with Gasteiger partial charge in [-0.3, -0.25) is 0 Å². The number of rotatable bonds is 2. The Balaban J connectivity index is 2.15. The van der Waals surface area contributed by atoms with E-state index in [0.717, 1.165) is 5.13 Å². The monoisotopic (exact) mass is 182 g/mol. The zero-order valence-corrected chi connectivity index (χ0v) is 8.53. The van der Waals surface area contributed by atoms with Gasteiger partial charge in [-0.05, 0) is 11.8 Å². The van der Waals surface area contributed by atoms with Crippen LogP contribution in [0.5, 0.6) is 0 Å². The minimum absolute atomic E-state index is 0.499. The quantitative estimate of drug-likeness (QED) is 0.760. The molecule has 0 bridgehead atoms. The van der Waals surface area contributed by atoms with Crippen molar-refractivity contribution in [1.29, 1.82) is 0 Å². The fraction of sp³-hybridized carbons (Fsp3) is 0.667. The van der Waals surface area contributed by atoms with Gasteiger partial charge in [0, 0.05) is 18.3 Å². The Labute approximate surface area is 77.0 Å². The predicted molar refractivity (Wildman–Crippen MR) is 52.8 cm³/mol. The maximum atomic E-state index is 4.49.